The van der Waals surface area contributed by atoms with E-state index in [1.807, 2.05) is 32.0 Å². The third kappa shape index (κ3) is 8.87. The minimum absolute atomic E-state index is 0. The van der Waals surface area contributed by atoms with Gasteiger partial charge >= 0.3 is 51.4 Å². The molecule has 0 radical (unpaired) electrons. The van der Waals surface area contributed by atoms with Gasteiger partial charge in [-0.3, -0.25) is 5.10 Å². The summed E-state index contributed by atoms with van der Waals surface area (Å²) in [5.74, 6) is 0.724. The fraction of sp³-hybridized carbons (Fsp3) is 0.308. The van der Waals surface area contributed by atoms with Crippen LogP contribution in [0.3, 0.4) is 0 Å². The van der Waals surface area contributed by atoms with Gasteiger partial charge in [-0.1, -0.05) is 12.5 Å². The number of nitrogens with one attached hydrogen (secondary N) is 2. The molecule has 0 amide bonds. The van der Waals surface area contributed by atoms with E-state index in [0.717, 1.165) is 35.6 Å². The molecule has 1 aromatic carbocycles. The number of nitriles is 1. The van der Waals surface area contributed by atoms with E-state index in [1.165, 1.54) is 0 Å². The Bertz CT molecular complexity index is 1180. The van der Waals surface area contributed by atoms with Crippen LogP contribution in [0.2, 0.25) is 0 Å². The monoisotopic (exact) mass is 513 g/mol. The molecule has 0 saturated carbocycles. The van der Waals surface area contributed by atoms with E-state index < -0.39 is 5.60 Å². The van der Waals surface area contributed by atoms with Crippen LogP contribution in [-0.4, -0.2) is 54.9 Å². The average molecular weight is 514 g/mol. The summed E-state index contributed by atoms with van der Waals surface area (Å²) in [4.78, 5) is 4.54. The van der Waals surface area contributed by atoms with Crippen LogP contribution >= 0.6 is 0 Å². The van der Waals surface area contributed by atoms with Crippen LogP contribution in [-0.2, 0) is 5.60 Å². The standard InChI is InChI=1S/C15H17N5O.C7H4N.C4H11NO.K/c1-4-15(21,5-2)12-8-10(3)18-14-11(12)9-17-20(14)13-6-7-16-19-13;8-6-7-4-2-1-3-5-7;1-2-5-3-4-6;/h6-9,21H,1-2,4-5H2,3H3,(H,16,19);2-5H;5-6H,2-4H2,1H3;/q-2;-1;;+1. The number of rotatable bonds is 7. The number of hydrogen-bond donors (Lipinski definition) is 4. The molecule has 0 unspecified atom stereocenters. The van der Waals surface area contributed by atoms with Gasteiger partial charge < -0.3 is 29.4 Å². The molecular formula is C26H32KN7O2-2. The normalized spacial score (nSPS) is 10.4. The van der Waals surface area contributed by atoms with Crippen molar-refractivity contribution in [3.05, 3.63) is 85.5 Å². The number of benzene rings is 1. The fourth-order valence-corrected chi connectivity index (χ4v) is 3.16. The van der Waals surface area contributed by atoms with Crippen LogP contribution in [0, 0.1) is 38.2 Å². The molecule has 186 valence electrons. The molecule has 4 rings (SSSR count). The summed E-state index contributed by atoms with van der Waals surface area (Å²) in [5.41, 5.74) is 1.85. The molecular weight excluding hydrogens is 481 g/mol. The number of aliphatic hydroxyl groups excluding tert-OH is 1. The predicted molar refractivity (Wildman–Crippen MR) is 135 cm³/mol. The SMILES string of the molecule is CCNCCO.N#Cc1cc[c-]cc1.[CH2-]CC(O)(C[CH2-])c1cc(C)nc2c1cnn2-c1ccn[nH]1.[K+]. The first-order chi connectivity index (χ1) is 16.9. The van der Waals surface area contributed by atoms with Crippen molar-refractivity contribution < 1.29 is 61.6 Å². The molecule has 0 bridgehead atoms. The summed E-state index contributed by atoms with van der Waals surface area (Å²) in [6, 6.07) is 15.4. The average Bonchev–Trinajstić information content (AvgIpc) is 3.58. The second-order valence-corrected chi connectivity index (χ2v) is 7.56. The summed E-state index contributed by atoms with van der Waals surface area (Å²) < 4.78 is 1.67. The van der Waals surface area contributed by atoms with Gasteiger partial charge in [0.05, 0.1) is 25.1 Å². The van der Waals surface area contributed by atoms with Crippen LogP contribution in [0.25, 0.3) is 16.9 Å². The molecule has 9 nitrogen and oxygen atoms in total. The van der Waals surface area contributed by atoms with E-state index in [9.17, 15) is 5.11 Å². The van der Waals surface area contributed by atoms with Gasteiger partial charge in [0.25, 0.3) is 0 Å². The van der Waals surface area contributed by atoms with Crippen molar-refractivity contribution in [2.75, 3.05) is 19.7 Å². The topological polar surface area (TPSA) is 136 Å². The van der Waals surface area contributed by atoms with E-state index in [1.54, 1.807) is 41.3 Å². The maximum absolute atomic E-state index is 10.8. The van der Waals surface area contributed by atoms with Crippen molar-refractivity contribution in [3.8, 4) is 11.9 Å². The third-order valence-electron chi connectivity index (χ3n) is 5.10. The van der Waals surface area contributed by atoms with Crippen LogP contribution in [0.15, 0.2) is 48.8 Å². The van der Waals surface area contributed by atoms with E-state index in [-0.39, 0.29) is 58.0 Å². The molecule has 0 aliphatic carbocycles. The van der Waals surface area contributed by atoms with Crippen molar-refractivity contribution >= 4 is 11.0 Å². The smallest absolute Gasteiger partial charge is 0.395 e. The van der Waals surface area contributed by atoms with E-state index >= 15 is 0 Å². The molecule has 4 aromatic rings. The fourth-order valence-electron chi connectivity index (χ4n) is 3.16. The van der Waals surface area contributed by atoms with Crippen LogP contribution in [0.5, 0.6) is 0 Å². The zero-order chi connectivity index (χ0) is 25.7. The quantitative estimate of drug-likeness (QED) is 0.156. The molecule has 0 atom stereocenters. The second kappa shape index (κ2) is 16.7. The number of nitrogens with zero attached hydrogens (tertiary/aromatic N) is 5. The maximum atomic E-state index is 10.8. The van der Waals surface area contributed by atoms with Gasteiger partial charge in [-0.25, -0.2) is 4.98 Å². The van der Waals surface area contributed by atoms with E-state index in [0.29, 0.717) is 24.1 Å². The number of pyridine rings is 1. The minimum Gasteiger partial charge on any atom is -0.395 e. The van der Waals surface area contributed by atoms with Gasteiger partial charge in [-0.2, -0.15) is 63.3 Å². The van der Waals surface area contributed by atoms with Gasteiger partial charge in [-0.15, -0.1) is 0 Å². The Morgan fingerprint density at radius 2 is 1.94 bits per heavy atom. The van der Waals surface area contributed by atoms with E-state index in [2.05, 4.69) is 45.5 Å². The summed E-state index contributed by atoms with van der Waals surface area (Å²) in [7, 11) is 0. The molecule has 0 saturated heterocycles. The first-order valence-corrected chi connectivity index (χ1v) is 11.3. The minimum atomic E-state index is -1.08. The number of hydrogen-bond acceptors (Lipinski definition) is 7. The van der Waals surface area contributed by atoms with Gasteiger partial charge in [0.1, 0.15) is 0 Å². The molecule has 0 fully saturated rings. The number of aliphatic hydroxyl groups is 2. The van der Waals surface area contributed by atoms with Crippen molar-refractivity contribution in [2.45, 2.75) is 32.3 Å². The summed E-state index contributed by atoms with van der Waals surface area (Å²) in [6.45, 7) is 13.5. The second-order valence-electron chi connectivity index (χ2n) is 7.56. The molecule has 36 heavy (non-hydrogen) atoms. The Balaban J connectivity index is 0.000000357. The van der Waals surface area contributed by atoms with Crippen LogP contribution in [0.1, 0.15) is 36.6 Å². The van der Waals surface area contributed by atoms with Crippen molar-refractivity contribution in [3.63, 3.8) is 0 Å². The Hall–Kier alpha value is -1.94. The molecule has 4 N–H and O–H groups in total. The molecule has 0 aliphatic rings. The van der Waals surface area contributed by atoms with Gasteiger partial charge in [0.2, 0.25) is 0 Å². The van der Waals surface area contributed by atoms with Crippen molar-refractivity contribution in [1.29, 1.82) is 5.26 Å². The largest absolute Gasteiger partial charge is 1.00 e. The summed E-state index contributed by atoms with van der Waals surface area (Å²) in [5, 5.41) is 42.0. The van der Waals surface area contributed by atoms with Gasteiger partial charge in [0.15, 0.2) is 11.5 Å². The van der Waals surface area contributed by atoms with Crippen molar-refractivity contribution in [1.82, 2.24) is 30.3 Å². The van der Waals surface area contributed by atoms with Gasteiger partial charge in [0, 0.05) is 29.3 Å². The number of aromatic amines is 1. The maximum Gasteiger partial charge on any atom is 1.00 e. The summed E-state index contributed by atoms with van der Waals surface area (Å²) >= 11 is 0. The number of aryl methyl sites for hydroxylation is 1. The third-order valence-corrected chi connectivity index (χ3v) is 5.10. The number of likely N-dealkylation sites (N-methyl/N-ethyl adjacent to an activating group) is 1. The zero-order valence-corrected chi connectivity index (χ0v) is 24.3. The summed E-state index contributed by atoms with van der Waals surface area (Å²) in [6.07, 6.45) is 4.03. The Morgan fingerprint density at radius 3 is 2.42 bits per heavy atom. The Labute approximate surface area is 255 Å². The Kier molecular flexibility index (Phi) is 14.9. The zero-order valence-electron chi connectivity index (χ0n) is 21.2. The van der Waals surface area contributed by atoms with Gasteiger partial charge in [-0.05, 0) is 25.1 Å². The first-order valence-electron chi connectivity index (χ1n) is 11.3. The number of H-pyrrole nitrogens is 1. The van der Waals surface area contributed by atoms with E-state index in [4.69, 9.17) is 10.4 Å². The van der Waals surface area contributed by atoms with Crippen LogP contribution in [0.4, 0.5) is 0 Å². The number of aromatic nitrogens is 5. The molecule has 3 aromatic heterocycles. The van der Waals surface area contributed by atoms with Crippen molar-refractivity contribution in [2.24, 2.45) is 0 Å². The van der Waals surface area contributed by atoms with Crippen LogP contribution < -0.4 is 56.7 Å². The molecule has 3 heterocycles. The number of fused-ring (bicyclic) bond motifs is 1. The first kappa shape index (κ1) is 32.1. The Morgan fingerprint density at radius 1 is 1.25 bits per heavy atom. The molecule has 10 heteroatoms. The molecule has 0 spiro atoms. The molecule has 0 aliphatic heterocycles. The predicted octanol–water partition coefficient (Wildman–Crippen LogP) is 0.0387.